The molecule has 1 amide bonds. The minimum Gasteiger partial charge on any atom is -0.272 e. The zero-order valence-electron chi connectivity index (χ0n) is 14.6. The second kappa shape index (κ2) is 6.99. The van der Waals surface area contributed by atoms with Crippen LogP contribution in [0.4, 0.5) is 13.2 Å². The van der Waals surface area contributed by atoms with Crippen molar-refractivity contribution in [1.29, 1.82) is 0 Å². The fourth-order valence-electron chi connectivity index (χ4n) is 2.97. The summed E-state index contributed by atoms with van der Waals surface area (Å²) < 4.78 is 38.7. The van der Waals surface area contributed by atoms with Gasteiger partial charge in [0.2, 0.25) is 0 Å². The quantitative estimate of drug-likeness (QED) is 0.701. The van der Waals surface area contributed by atoms with E-state index in [1.165, 1.54) is 6.07 Å². The van der Waals surface area contributed by atoms with Crippen molar-refractivity contribution in [3.63, 3.8) is 0 Å². The molecule has 4 rings (SSSR count). The first kappa shape index (κ1) is 18.0. The standard InChI is InChI=1S/C21H14F3N3O/c22-21(23,24)17-3-1-2-15(11-17)14-6-4-13(5-7-14)10-18-25-12-16-8-9-19(28)27-20(16)26-18/h1-8,11-12H,9-10H2. The van der Waals surface area contributed by atoms with Gasteiger partial charge in [-0.15, -0.1) is 0 Å². The zero-order valence-corrected chi connectivity index (χ0v) is 14.6. The van der Waals surface area contributed by atoms with E-state index >= 15 is 0 Å². The molecule has 0 unspecified atom stereocenters. The molecule has 3 aromatic rings. The molecule has 0 radical (unpaired) electrons. The van der Waals surface area contributed by atoms with Gasteiger partial charge in [0.15, 0.2) is 5.49 Å². The Balaban J connectivity index is 1.57. The van der Waals surface area contributed by atoms with E-state index in [1.54, 1.807) is 30.5 Å². The van der Waals surface area contributed by atoms with Crippen LogP contribution in [0.2, 0.25) is 0 Å². The molecular formula is C21H14F3N3O. The van der Waals surface area contributed by atoms with Crippen molar-refractivity contribution in [2.24, 2.45) is 4.99 Å². The number of alkyl halides is 3. The van der Waals surface area contributed by atoms with Crippen LogP contribution in [0.25, 0.3) is 17.2 Å². The number of rotatable bonds is 3. The molecule has 4 nitrogen and oxygen atoms in total. The number of benzene rings is 2. The number of carbonyl (C=O) groups is 1. The molecule has 0 bridgehead atoms. The fourth-order valence-corrected chi connectivity index (χ4v) is 2.97. The van der Waals surface area contributed by atoms with E-state index in [1.807, 2.05) is 12.1 Å². The maximum Gasteiger partial charge on any atom is 0.416 e. The number of hydrogen-bond donors (Lipinski definition) is 0. The summed E-state index contributed by atoms with van der Waals surface area (Å²) in [6.45, 7) is 0. The Bertz CT molecular complexity index is 1170. The highest BCUT2D eigenvalue weighted by molar-refractivity contribution is 5.82. The van der Waals surface area contributed by atoms with Crippen molar-refractivity contribution in [3.8, 4) is 11.1 Å². The van der Waals surface area contributed by atoms with Gasteiger partial charge in [0.05, 0.1) is 5.56 Å². The van der Waals surface area contributed by atoms with Crippen molar-refractivity contribution < 1.29 is 18.0 Å². The highest BCUT2D eigenvalue weighted by atomic mass is 19.4. The third-order valence-electron chi connectivity index (χ3n) is 4.41. The second-order valence-corrected chi connectivity index (χ2v) is 6.43. The molecule has 2 heterocycles. The number of nitrogens with zero attached hydrogens (tertiary/aromatic N) is 3. The summed E-state index contributed by atoms with van der Waals surface area (Å²) in [6, 6.07) is 12.4. The molecule has 0 atom stereocenters. The van der Waals surface area contributed by atoms with Crippen LogP contribution < -0.4 is 10.7 Å². The monoisotopic (exact) mass is 381 g/mol. The summed E-state index contributed by atoms with van der Waals surface area (Å²) >= 11 is 0. The van der Waals surface area contributed by atoms with Crippen LogP contribution >= 0.6 is 0 Å². The third-order valence-corrected chi connectivity index (χ3v) is 4.41. The summed E-state index contributed by atoms with van der Waals surface area (Å²) in [5.41, 5.74) is 1.80. The molecule has 140 valence electrons. The van der Waals surface area contributed by atoms with E-state index in [-0.39, 0.29) is 12.3 Å². The smallest absolute Gasteiger partial charge is 0.272 e. The summed E-state index contributed by atoms with van der Waals surface area (Å²) in [5.74, 6) is 0.292. The van der Waals surface area contributed by atoms with E-state index in [4.69, 9.17) is 0 Å². The average Bonchev–Trinajstić information content (AvgIpc) is 2.68. The van der Waals surface area contributed by atoms with E-state index < -0.39 is 11.7 Å². The zero-order chi connectivity index (χ0) is 19.7. The number of fused-ring (bicyclic) bond motifs is 1. The SMILES string of the molecule is O=C1CC=c2cnc(Cc3ccc(-c4cccc(C(F)(F)F)c4)cc3)nc2=N1. The van der Waals surface area contributed by atoms with Gasteiger partial charge in [-0.05, 0) is 28.8 Å². The van der Waals surface area contributed by atoms with Crippen LogP contribution in [0.1, 0.15) is 23.4 Å². The van der Waals surface area contributed by atoms with Gasteiger partial charge in [0.25, 0.3) is 5.91 Å². The van der Waals surface area contributed by atoms with Gasteiger partial charge >= 0.3 is 6.18 Å². The number of halogens is 3. The topological polar surface area (TPSA) is 55.2 Å². The molecule has 2 aromatic carbocycles. The Labute approximate surface area is 158 Å². The summed E-state index contributed by atoms with van der Waals surface area (Å²) in [5, 5.41) is 0.739. The van der Waals surface area contributed by atoms with Crippen molar-refractivity contribution in [2.45, 2.75) is 19.0 Å². The third kappa shape index (κ3) is 3.83. The van der Waals surface area contributed by atoms with Crippen molar-refractivity contribution in [2.75, 3.05) is 0 Å². The molecule has 1 aliphatic rings. The van der Waals surface area contributed by atoms with Gasteiger partial charge in [-0.2, -0.15) is 18.2 Å². The maximum atomic E-state index is 12.9. The molecule has 0 saturated carbocycles. The molecule has 0 saturated heterocycles. The lowest BCUT2D eigenvalue weighted by Crippen LogP contribution is -2.34. The summed E-state index contributed by atoms with van der Waals surface area (Å²) in [7, 11) is 0. The van der Waals surface area contributed by atoms with Crippen LogP contribution in [-0.2, 0) is 17.4 Å². The molecule has 1 aliphatic heterocycles. The first-order chi connectivity index (χ1) is 13.4. The number of aromatic nitrogens is 2. The first-order valence-electron chi connectivity index (χ1n) is 8.59. The Kier molecular flexibility index (Phi) is 4.50. The maximum absolute atomic E-state index is 12.9. The number of hydrogen-bond acceptors (Lipinski definition) is 3. The van der Waals surface area contributed by atoms with Gasteiger partial charge in [-0.1, -0.05) is 42.5 Å². The van der Waals surface area contributed by atoms with Gasteiger partial charge < -0.3 is 0 Å². The molecule has 7 heteroatoms. The average molecular weight is 381 g/mol. The van der Waals surface area contributed by atoms with Crippen molar-refractivity contribution in [1.82, 2.24) is 9.97 Å². The normalized spacial score (nSPS) is 13.5. The molecule has 0 aliphatic carbocycles. The largest absolute Gasteiger partial charge is 0.416 e. The lowest BCUT2D eigenvalue weighted by atomic mass is 10.0. The highest BCUT2D eigenvalue weighted by Gasteiger charge is 2.30. The summed E-state index contributed by atoms with van der Waals surface area (Å²) in [6.07, 6.45) is -0.293. The summed E-state index contributed by atoms with van der Waals surface area (Å²) in [4.78, 5) is 24.0. The van der Waals surface area contributed by atoms with Crippen LogP contribution in [0.5, 0.6) is 0 Å². The molecule has 0 N–H and O–H groups in total. The predicted octanol–water partition coefficient (Wildman–Crippen LogP) is 3.08. The lowest BCUT2D eigenvalue weighted by Gasteiger charge is -2.09. The van der Waals surface area contributed by atoms with Crippen molar-refractivity contribution >= 4 is 12.0 Å². The number of amides is 1. The van der Waals surface area contributed by atoms with E-state index in [0.29, 0.717) is 28.9 Å². The molecular weight excluding hydrogens is 367 g/mol. The molecule has 0 spiro atoms. The van der Waals surface area contributed by atoms with Gasteiger partial charge in [0.1, 0.15) is 5.82 Å². The highest BCUT2D eigenvalue weighted by Crippen LogP contribution is 2.32. The Morgan fingerprint density at radius 1 is 1.00 bits per heavy atom. The fraction of sp³-hybridized carbons (Fsp3) is 0.143. The molecule has 0 fully saturated rings. The molecule has 1 aromatic heterocycles. The first-order valence-corrected chi connectivity index (χ1v) is 8.59. The van der Waals surface area contributed by atoms with Crippen LogP contribution in [-0.4, -0.2) is 15.9 Å². The minimum atomic E-state index is -4.37. The Morgan fingerprint density at radius 2 is 1.79 bits per heavy atom. The van der Waals surface area contributed by atoms with E-state index in [9.17, 15) is 18.0 Å². The minimum absolute atomic E-state index is 0.234. The van der Waals surface area contributed by atoms with Crippen molar-refractivity contribution in [3.05, 3.63) is 82.4 Å². The Morgan fingerprint density at radius 3 is 2.54 bits per heavy atom. The van der Waals surface area contributed by atoms with Crippen LogP contribution in [0, 0.1) is 0 Å². The second-order valence-electron chi connectivity index (χ2n) is 6.43. The predicted molar refractivity (Wildman–Crippen MR) is 96.6 cm³/mol. The Hall–Kier alpha value is -3.35. The molecule has 28 heavy (non-hydrogen) atoms. The van der Waals surface area contributed by atoms with Gasteiger partial charge in [0, 0.05) is 24.3 Å². The van der Waals surface area contributed by atoms with E-state index in [0.717, 1.165) is 22.9 Å². The van der Waals surface area contributed by atoms with Gasteiger partial charge in [-0.3, -0.25) is 4.79 Å². The van der Waals surface area contributed by atoms with Gasteiger partial charge in [-0.25, -0.2) is 9.97 Å². The lowest BCUT2D eigenvalue weighted by molar-refractivity contribution is -0.137. The van der Waals surface area contributed by atoms with E-state index in [2.05, 4.69) is 15.0 Å². The number of carbonyl (C=O) groups excluding carboxylic acids is 1. The van der Waals surface area contributed by atoms with Crippen LogP contribution in [0.15, 0.2) is 59.7 Å². The van der Waals surface area contributed by atoms with Crippen LogP contribution in [0.3, 0.4) is 0 Å².